The molecule has 2 fully saturated rings. The van der Waals surface area contributed by atoms with Crippen LogP contribution in [-0.2, 0) is 89.0 Å². The van der Waals surface area contributed by atoms with Crippen molar-refractivity contribution in [1.29, 1.82) is 0 Å². The van der Waals surface area contributed by atoms with Gasteiger partial charge in [0, 0.05) is 97.9 Å². The molecular formula is C96H112Cl2N6O16S2. The van der Waals surface area contributed by atoms with Gasteiger partial charge in [-0.05, 0) is 269 Å². The van der Waals surface area contributed by atoms with Crippen LogP contribution in [0.2, 0.25) is 10.0 Å². The number of anilines is 2. The Balaban J connectivity index is 0.000000190. The van der Waals surface area contributed by atoms with Crippen LogP contribution >= 0.6 is 23.2 Å². The first-order chi connectivity index (χ1) is 59.0. The number of aryl methyl sites for hydroxylation is 2. The second-order valence-electron chi connectivity index (χ2n) is 34.3. The van der Waals surface area contributed by atoms with Crippen molar-refractivity contribution in [3.63, 3.8) is 0 Å². The molecule has 0 amide bonds. The molecule has 8 aromatic carbocycles. The maximum absolute atomic E-state index is 14.3. The van der Waals surface area contributed by atoms with E-state index in [0.29, 0.717) is 97.7 Å². The minimum absolute atomic E-state index is 0.0714. The summed E-state index contributed by atoms with van der Waals surface area (Å²) >= 11 is 13.0. The van der Waals surface area contributed by atoms with Crippen LogP contribution in [0.3, 0.4) is 0 Å². The molecule has 0 N–H and O–H groups in total. The number of rotatable bonds is 30. The third-order valence-corrected chi connectivity index (χ3v) is 31.7. The summed E-state index contributed by atoms with van der Waals surface area (Å²) in [6, 6.07) is 53.7. The van der Waals surface area contributed by atoms with Crippen molar-refractivity contribution in [2.75, 3.05) is 91.9 Å². The summed E-state index contributed by atoms with van der Waals surface area (Å²) in [6.45, 7) is 8.64. The number of carbonyl (C=O) groups excluding carboxylic acids is 2. The number of nitrogens with zero attached hydrogens (tertiary/aromatic N) is 6. The maximum atomic E-state index is 14.3. The third-order valence-electron chi connectivity index (χ3n) is 26.7. The van der Waals surface area contributed by atoms with E-state index in [9.17, 15) is 26.4 Å². The van der Waals surface area contributed by atoms with Gasteiger partial charge >= 0.3 is 11.9 Å². The molecule has 0 bridgehead atoms. The highest BCUT2D eigenvalue weighted by Gasteiger charge is 2.49. The van der Waals surface area contributed by atoms with Crippen LogP contribution in [0.15, 0.2) is 180 Å². The largest absolute Gasteiger partial charge is 0.497 e. The molecule has 8 aromatic rings. The molecule has 648 valence electrons. The van der Waals surface area contributed by atoms with Gasteiger partial charge in [-0.25, -0.2) is 26.4 Å². The van der Waals surface area contributed by atoms with Gasteiger partial charge in [-0.2, -0.15) is 8.61 Å². The molecule has 0 unspecified atom stereocenters. The second-order valence-corrected chi connectivity index (χ2v) is 39.9. The Labute approximate surface area is 728 Å². The number of hydrogen-bond acceptors (Lipinski definition) is 20. The van der Waals surface area contributed by atoms with Crippen LogP contribution in [0.25, 0.3) is 0 Å². The zero-order valence-corrected chi connectivity index (χ0v) is 74.1. The number of hydrogen-bond donors (Lipinski definition) is 0. The van der Waals surface area contributed by atoms with E-state index in [-0.39, 0.29) is 73.0 Å². The first-order valence-corrected chi connectivity index (χ1v) is 46.4. The molecule has 2 spiro atoms. The van der Waals surface area contributed by atoms with Crippen LogP contribution < -0.4 is 38.2 Å². The number of methoxy groups -OCH3 is 6. The lowest BCUT2D eigenvalue weighted by molar-refractivity contribution is -0.0214. The van der Waals surface area contributed by atoms with Gasteiger partial charge in [0.25, 0.3) is 0 Å². The summed E-state index contributed by atoms with van der Waals surface area (Å²) in [5, 5.41) is 9.30. The summed E-state index contributed by atoms with van der Waals surface area (Å²) in [6.07, 6.45) is 13.3. The molecule has 22 nitrogen and oxygen atoms in total. The summed E-state index contributed by atoms with van der Waals surface area (Å²) in [7, 11) is 1.83. The van der Waals surface area contributed by atoms with Gasteiger partial charge in [-0.1, -0.05) is 94.2 Å². The molecule has 4 aliphatic carbocycles. The van der Waals surface area contributed by atoms with Crippen LogP contribution in [0.5, 0.6) is 34.5 Å². The van der Waals surface area contributed by atoms with E-state index in [4.69, 9.17) is 70.8 Å². The molecular weight excluding hydrogens is 1630 g/mol. The van der Waals surface area contributed by atoms with Crippen LogP contribution in [-0.4, -0.2) is 154 Å². The summed E-state index contributed by atoms with van der Waals surface area (Å²) in [5.74, 6) is 4.88. The number of halogens is 2. The van der Waals surface area contributed by atoms with E-state index in [1.165, 1.54) is 36.5 Å². The second kappa shape index (κ2) is 38.3. The number of fused-ring (bicyclic) bond motifs is 6. The molecule has 26 heteroatoms. The van der Waals surface area contributed by atoms with E-state index in [0.717, 1.165) is 157 Å². The van der Waals surface area contributed by atoms with Crippen LogP contribution in [0.1, 0.15) is 169 Å². The van der Waals surface area contributed by atoms with Crippen molar-refractivity contribution in [3.8, 4) is 34.5 Å². The molecule has 4 aliphatic heterocycles. The lowest BCUT2D eigenvalue weighted by Gasteiger charge is -2.45. The maximum Gasteiger partial charge on any atom is 0.337 e. The van der Waals surface area contributed by atoms with Crippen LogP contribution in [0.4, 0.5) is 11.4 Å². The first-order valence-electron chi connectivity index (χ1n) is 42.7. The van der Waals surface area contributed by atoms with Crippen molar-refractivity contribution in [2.45, 2.75) is 176 Å². The molecule has 8 aliphatic rings. The Bertz CT molecular complexity index is 4910. The van der Waals surface area contributed by atoms with Crippen molar-refractivity contribution < 1.29 is 74.0 Å². The Kier molecular flexibility index (Phi) is 27.4. The van der Waals surface area contributed by atoms with Crippen LogP contribution in [0, 0.1) is 23.7 Å². The lowest BCUT2D eigenvalue weighted by Crippen LogP contribution is -2.49. The lowest BCUT2D eigenvalue weighted by atomic mass is 9.68. The van der Waals surface area contributed by atoms with E-state index in [1.54, 1.807) is 63.0 Å². The van der Waals surface area contributed by atoms with Crippen molar-refractivity contribution in [3.05, 3.63) is 236 Å². The normalized spacial score (nSPS) is 22.5. The topological polar surface area (TPSA) is 232 Å². The molecule has 0 aromatic heterocycles. The molecule has 0 radical (unpaired) electrons. The van der Waals surface area contributed by atoms with Gasteiger partial charge in [-0.15, -0.1) is 0 Å². The number of oxime groups is 2. The van der Waals surface area contributed by atoms with E-state index >= 15 is 0 Å². The van der Waals surface area contributed by atoms with E-state index in [2.05, 4.69) is 44.4 Å². The number of carbonyl (C=O) groups is 2. The summed E-state index contributed by atoms with van der Waals surface area (Å²) < 4.78 is 105. The molecule has 4 heterocycles. The quantitative estimate of drug-likeness (QED) is 0.0381. The third kappa shape index (κ3) is 19.5. The Morgan fingerprint density at radius 3 is 1.15 bits per heavy atom. The summed E-state index contributed by atoms with van der Waals surface area (Å²) in [5.41, 5.74) is 12.8. The molecule has 122 heavy (non-hydrogen) atoms. The van der Waals surface area contributed by atoms with Gasteiger partial charge in [0.15, 0.2) is 0 Å². The molecule has 0 saturated heterocycles. The number of sulfonamides is 2. The number of benzene rings is 8. The fourth-order valence-electron chi connectivity index (χ4n) is 19.3. The highest BCUT2D eigenvalue weighted by atomic mass is 35.5. The number of ether oxygens (including phenoxy) is 8. The van der Waals surface area contributed by atoms with Gasteiger partial charge in [0.2, 0.25) is 20.0 Å². The van der Waals surface area contributed by atoms with E-state index in [1.807, 2.05) is 133 Å². The first kappa shape index (κ1) is 87.3. The van der Waals surface area contributed by atoms with Crippen molar-refractivity contribution in [1.82, 2.24) is 8.61 Å². The van der Waals surface area contributed by atoms with Gasteiger partial charge in [0.05, 0.1) is 100 Å². The Hall–Kier alpha value is -9.56. The van der Waals surface area contributed by atoms with E-state index < -0.39 is 30.5 Å². The molecule has 10 atom stereocenters. The SMILES string of the molecule is COC(=O)c1ccc2c(c1)N(C[C@@H]1CC[C@H]1[C@@H]1CC(CC[C@@H](C)S(=O)(=O)N(Cc3ccc(OC)cc3)Cc3ccc(OC)cc3)=NO1)C[C@@]1(CCCc3cc(Cl)ccc31)CO2.COC(=O)c1ccc2c(c1)N(C[C@@H]1CC[C@H]1[C@H]1CC(CC[C@@H](C)S(=O)(=O)N(Cc3ccc(OC)cc3)Cc3ccc(OC)cc3)=NO1)C[C@@]1(CCCc3cc(Cl)ccc31)CO2. The molecule has 2 saturated carbocycles. The molecule has 16 rings (SSSR count). The van der Waals surface area contributed by atoms with Gasteiger partial charge in [0.1, 0.15) is 46.7 Å². The van der Waals surface area contributed by atoms with Crippen molar-refractivity contribution in [2.24, 2.45) is 34.0 Å². The Morgan fingerprint density at radius 2 is 0.828 bits per heavy atom. The van der Waals surface area contributed by atoms with Gasteiger partial charge < -0.3 is 57.4 Å². The fourth-order valence-corrected chi connectivity index (χ4v) is 22.9. The average Bonchev–Trinajstić information content (AvgIpc) is 1.53. The zero-order chi connectivity index (χ0) is 85.5. The average molecular weight is 1740 g/mol. The minimum atomic E-state index is -3.72. The number of esters is 2. The predicted octanol–water partition coefficient (Wildman–Crippen LogP) is 18.0. The highest BCUT2D eigenvalue weighted by molar-refractivity contribution is 7.90. The zero-order valence-electron chi connectivity index (χ0n) is 71.0. The predicted molar refractivity (Wildman–Crippen MR) is 475 cm³/mol. The Morgan fingerprint density at radius 1 is 0.475 bits per heavy atom. The monoisotopic (exact) mass is 1740 g/mol. The van der Waals surface area contributed by atoms with Gasteiger partial charge in [-0.3, -0.25) is 0 Å². The standard InChI is InChI=1S/2C48H56ClN3O8S/c2*1-32(61(54,55)52(27-33-8-16-40(56-2)17-9-33)28-34-10-18-41(57-3)19-11-34)7-15-39-26-46(60-50-39)42-20-12-37(42)29-51-30-48(23-5-6-35-24-38(49)14-21-43(35)48)31-59-45-22-13-36(25-44(45)51)47(53)58-4/h2*8-11,13-14,16-19,21-22,24-25,32,37,42,46H,5-7,12,15,20,23,26-31H2,1-4H3/t32-,37+,42-,46+,48+;32-,37+,42-,46-,48+/m11/s1. The van der Waals surface area contributed by atoms with Crippen molar-refractivity contribution >= 4 is 78.0 Å². The smallest absolute Gasteiger partial charge is 0.337 e. The summed E-state index contributed by atoms with van der Waals surface area (Å²) in [4.78, 5) is 42.7. The minimum Gasteiger partial charge on any atom is -0.497 e. The fraction of sp³-hybridized carbons (Fsp3) is 0.458. The highest BCUT2D eigenvalue weighted by Crippen LogP contribution is 2.51.